The van der Waals surface area contributed by atoms with Gasteiger partial charge in [0.05, 0.1) is 31.2 Å². The van der Waals surface area contributed by atoms with Crippen molar-refractivity contribution in [1.82, 2.24) is 24.4 Å². The topological polar surface area (TPSA) is 95.0 Å². The fourth-order valence-electron chi connectivity index (χ4n) is 2.95. The molecule has 0 N–H and O–H groups in total. The van der Waals surface area contributed by atoms with Crippen molar-refractivity contribution in [3.05, 3.63) is 35.2 Å². The van der Waals surface area contributed by atoms with Gasteiger partial charge < -0.3 is 18.9 Å². The van der Waals surface area contributed by atoms with Crippen LogP contribution in [0.1, 0.15) is 17.4 Å². The predicted octanol–water partition coefficient (Wildman–Crippen LogP) is 0.938. The number of fused-ring (bicyclic) bond motifs is 1. The lowest BCUT2D eigenvalue weighted by atomic mass is 10.2. The maximum Gasteiger partial charge on any atom is 0.229 e. The van der Waals surface area contributed by atoms with E-state index in [0.717, 1.165) is 10.7 Å². The summed E-state index contributed by atoms with van der Waals surface area (Å²) in [5.41, 5.74) is 0.783. The van der Waals surface area contributed by atoms with Gasteiger partial charge in [-0.1, -0.05) is 5.16 Å². The van der Waals surface area contributed by atoms with Gasteiger partial charge in [0, 0.05) is 38.0 Å². The Morgan fingerprint density at radius 1 is 1.46 bits per heavy atom. The van der Waals surface area contributed by atoms with Gasteiger partial charge in [0.2, 0.25) is 11.8 Å². The van der Waals surface area contributed by atoms with E-state index in [1.54, 1.807) is 18.4 Å². The van der Waals surface area contributed by atoms with Crippen LogP contribution >= 0.6 is 11.3 Å². The van der Waals surface area contributed by atoms with Crippen molar-refractivity contribution in [2.24, 2.45) is 0 Å². The van der Waals surface area contributed by atoms with Gasteiger partial charge in [-0.2, -0.15) is 4.98 Å². The van der Waals surface area contributed by atoms with Crippen LogP contribution in [0.15, 0.2) is 22.3 Å². The van der Waals surface area contributed by atoms with Crippen LogP contribution in [0.5, 0.6) is 0 Å². The van der Waals surface area contributed by atoms with Crippen LogP contribution in [-0.2, 0) is 33.7 Å². The Balaban J connectivity index is 1.34. The molecule has 0 aliphatic carbocycles. The normalized spacial score (nSPS) is 17.9. The van der Waals surface area contributed by atoms with E-state index in [1.165, 1.54) is 0 Å². The minimum Gasteiger partial charge on any atom is -0.377 e. The summed E-state index contributed by atoms with van der Waals surface area (Å²) in [5, 5.41) is 5.81. The molecule has 4 heterocycles. The molecule has 1 aliphatic heterocycles. The highest BCUT2D eigenvalue weighted by molar-refractivity contribution is 7.15. The molecule has 0 bridgehead atoms. The molecule has 9 nitrogen and oxygen atoms in total. The van der Waals surface area contributed by atoms with Crippen molar-refractivity contribution in [3.63, 3.8) is 0 Å². The molecule has 0 saturated carbocycles. The lowest BCUT2D eigenvalue weighted by molar-refractivity contribution is -0.138. The molecule has 3 aromatic rings. The first-order valence-electron chi connectivity index (χ1n) is 8.32. The number of imidazole rings is 1. The molecule has 4 rings (SSSR count). The lowest BCUT2D eigenvalue weighted by Crippen LogP contribution is -2.47. The summed E-state index contributed by atoms with van der Waals surface area (Å²) < 4.78 is 17.9. The van der Waals surface area contributed by atoms with Gasteiger partial charge >= 0.3 is 0 Å². The molecule has 26 heavy (non-hydrogen) atoms. The number of nitrogens with zero attached hydrogens (tertiary/aromatic N) is 5. The van der Waals surface area contributed by atoms with Crippen LogP contribution in [0.4, 0.5) is 0 Å². The number of carbonyl (C=O) groups excluding carboxylic acids is 1. The highest BCUT2D eigenvalue weighted by atomic mass is 32.1. The number of carbonyl (C=O) groups is 1. The molecule has 1 aliphatic rings. The summed E-state index contributed by atoms with van der Waals surface area (Å²) >= 11 is 1.55. The van der Waals surface area contributed by atoms with Gasteiger partial charge in [-0.3, -0.25) is 9.20 Å². The quantitative estimate of drug-likeness (QED) is 0.631. The summed E-state index contributed by atoms with van der Waals surface area (Å²) in [4.78, 5) is 24.0. The first kappa shape index (κ1) is 17.1. The second kappa shape index (κ2) is 7.52. The van der Waals surface area contributed by atoms with E-state index < -0.39 is 0 Å². The zero-order valence-electron chi connectivity index (χ0n) is 14.3. The number of hydrogen-bond donors (Lipinski definition) is 0. The number of amides is 1. The highest BCUT2D eigenvalue weighted by Crippen LogP contribution is 2.15. The molecule has 1 fully saturated rings. The number of hydrogen-bond acceptors (Lipinski definition) is 8. The second-order valence-corrected chi connectivity index (χ2v) is 6.95. The molecule has 138 valence electrons. The van der Waals surface area contributed by atoms with Crippen LogP contribution in [0.2, 0.25) is 0 Å². The molecule has 0 spiro atoms. The number of rotatable bonds is 6. The third-order valence-corrected chi connectivity index (χ3v) is 4.92. The molecule has 1 saturated heterocycles. The van der Waals surface area contributed by atoms with Crippen molar-refractivity contribution < 1.29 is 18.8 Å². The number of ether oxygens (including phenoxy) is 2. The molecule has 0 unspecified atom stereocenters. The van der Waals surface area contributed by atoms with Crippen LogP contribution < -0.4 is 0 Å². The minimum atomic E-state index is -0.158. The molecule has 0 aromatic carbocycles. The molecular formula is C16H19N5O4S. The van der Waals surface area contributed by atoms with E-state index in [-0.39, 0.29) is 12.0 Å². The fourth-order valence-corrected chi connectivity index (χ4v) is 3.67. The van der Waals surface area contributed by atoms with Crippen molar-refractivity contribution in [2.45, 2.75) is 25.6 Å². The van der Waals surface area contributed by atoms with Gasteiger partial charge in [0.1, 0.15) is 6.61 Å². The predicted molar refractivity (Wildman–Crippen MR) is 91.8 cm³/mol. The van der Waals surface area contributed by atoms with Gasteiger partial charge in [0.15, 0.2) is 10.8 Å². The summed E-state index contributed by atoms with van der Waals surface area (Å²) in [7, 11) is 1.58. The monoisotopic (exact) mass is 377 g/mol. The Kier molecular flexibility index (Phi) is 4.96. The Hall–Kier alpha value is -2.30. The van der Waals surface area contributed by atoms with Gasteiger partial charge in [-0.25, -0.2) is 4.98 Å². The Morgan fingerprint density at radius 2 is 2.38 bits per heavy atom. The summed E-state index contributed by atoms with van der Waals surface area (Å²) in [6.07, 6.45) is 4.44. The molecule has 0 radical (unpaired) electrons. The van der Waals surface area contributed by atoms with Crippen molar-refractivity contribution in [3.8, 4) is 0 Å². The average Bonchev–Trinajstić information content (AvgIpc) is 3.32. The molecule has 1 amide bonds. The zero-order chi connectivity index (χ0) is 17.9. The minimum absolute atomic E-state index is 0.0506. The van der Waals surface area contributed by atoms with E-state index in [0.29, 0.717) is 50.9 Å². The smallest absolute Gasteiger partial charge is 0.229 e. The standard InChI is InChI=1S/C16H19N5O4S/c1-23-10-13-18-14(25-19-13)7-12-9-20(2-4-24-12)15(22)6-11-8-21-3-5-26-16(21)17-11/h3,5,8,12H,2,4,6-7,9-10H2,1H3/t12-/m1/s1. The van der Waals surface area contributed by atoms with E-state index in [1.807, 2.05) is 27.1 Å². The molecule has 3 aromatic heterocycles. The Morgan fingerprint density at radius 3 is 3.23 bits per heavy atom. The van der Waals surface area contributed by atoms with Gasteiger partial charge in [0.25, 0.3) is 0 Å². The van der Waals surface area contributed by atoms with Crippen LogP contribution in [0, 0.1) is 0 Å². The second-order valence-electron chi connectivity index (χ2n) is 6.08. The summed E-state index contributed by atoms with van der Waals surface area (Å²) in [5.74, 6) is 1.05. The third-order valence-electron chi connectivity index (χ3n) is 4.15. The number of morpholine rings is 1. The molecular weight excluding hydrogens is 358 g/mol. The van der Waals surface area contributed by atoms with E-state index in [9.17, 15) is 4.79 Å². The zero-order valence-corrected chi connectivity index (χ0v) is 15.1. The Bertz CT molecular complexity index is 860. The SMILES string of the molecule is COCc1noc(C[C@@H]2CN(C(=O)Cc3cn4ccsc4n3)CCO2)n1. The number of thiazole rings is 1. The van der Waals surface area contributed by atoms with Gasteiger partial charge in [-0.05, 0) is 0 Å². The van der Waals surface area contributed by atoms with Crippen LogP contribution in [0.3, 0.4) is 0 Å². The van der Waals surface area contributed by atoms with Crippen molar-refractivity contribution in [1.29, 1.82) is 0 Å². The highest BCUT2D eigenvalue weighted by Gasteiger charge is 2.26. The summed E-state index contributed by atoms with van der Waals surface area (Å²) in [6, 6.07) is 0. The fraction of sp³-hybridized carbons (Fsp3) is 0.500. The lowest BCUT2D eigenvalue weighted by Gasteiger charge is -2.32. The summed E-state index contributed by atoms with van der Waals surface area (Å²) in [6.45, 7) is 1.88. The van der Waals surface area contributed by atoms with Crippen molar-refractivity contribution >= 4 is 22.2 Å². The third kappa shape index (κ3) is 3.76. The number of methoxy groups -OCH3 is 1. The van der Waals surface area contributed by atoms with E-state index in [2.05, 4.69) is 15.1 Å². The van der Waals surface area contributed by atoms with Crippen LogP contribution in [0.25, 0.3) is 4.96 Å². The largest absolute Gasteiger partial charge is 0.377 e. The maximum atomic E-state index is 12.6. The average molecular weight is 377 g/mol. The van der Waals surface area contributed by atoms with E-state index in [4.69, 9.17) is 14.0 Å². The van der Waals surface area contributed by atoms with Crippen LogP contribution in [-0.4, -0.2) is 63.2 Å². The van der Waals surface area contributed by atoms with E-state index >= 15 is 0 Å². The van der Waals surface area contributed by atoms with Crippen molar-refractivity contribution in [2.75, 3.05) is 26.8 Å². The first-order valence-corrected chi connectivity index (χ1v) is 9.20. The van der Waals surface area contributed by atoms with Gasteiger partial charge in [-0.15, -0.1) is 11.3 Å². The Labute approximate surface area is 153 Å². The molecule has 1 atom stereocenters. The molecule has 10 heteroatoms. The first-order chi connectivity index (χ1) is 12.7. The maximum absolute atomic E-state index is 12.6. The number of aromatic nitrogens is 4.